The molecule has 1 unspecified atom stereocenters. The predicted molar refractivity (Wildman–Crippen MR) is 95.1 cm³/mol. The van der Waals surface area contributed by atoms with E-state index in [0.29, 0.717) is 24.0 Å². The molecule has 0 radical (unpaired) electrons. The van der Waals surface area contributed by atoms with Gasteiger partial charge in [-0.2, -0.15) is 0 Å². The maximum absolute atomic E-state index is 12.3. The average Bonchev–Trinajstić information content (AvgIpc) is 3.02. The van der Waals surface area contributed by atoms with Crippen molar-refractivity contribution in [3.8, 4) is 5.88 Å². The summed E-state index contributed by atoms with van der Waals surface area (Å²) in [5, 5.41) is 0.634. The lowest BCUT2D eigenvalue weighted by molar-refractivity contribution is -0.125. The van der Waals surface area contributed by atoms with Crippen molar-refractivity contribution < 1.29 is 9.53 Å². The van der Waals surface area contributed by atoms with Crippen molar-refractivity contribution in [1.29, 1.82) is 0 Å². The van der Waals surface area contributed by atoms with E-state index in [1.54, 1.807) is 23.1 Å². The first-order valence-corrected chi connectivity index (χ1v) is 8.31. The maximum atomic E-state index is 12.3. The monoisotopic (exact) mass is 342 g/mol. The van der Waals surface area contributed by atoms with Crippen LogP contribution in [0.5, 0.6) is 5.88 Å². The number of carbonyl (C=O) groups excluding carboxylic acids is 1. The van der Waals surface area contributed by atoms with Crippen LogP contribution in [0.25, 0.3) is 6.08 Å². The smallest absolute Gasteiger partial charge is 0.246 e. The molecule has 4 nitrogen and oxygen atoms in total. The highest BCUT2D eigenvalue weighted by molar-refractivity contribution is 6.32. The van der Waals surface area contributed by atoms with E-state index in [4.69, 9.17) is 16.3 Å². The Bertz CT molecular complexity index is 761. The van der Waals surface area contributed by atoms with Gasteiger partial charge in [-0.15, -0.1) is 0 Å². The van der Waals surface area contributed by atoms with E-state index in [-0.39, 0.29) is 12.0 Å². The quantitative estimate of drug-likeness (QED) is 0.795. The molecule has 1 aromatic carbocycles. The summed E-state index contributed by atoms with van der Waals surface area (Å²) in [4.78, 5) is 18.4. The van der Waals surface area contributed by atoms with Gasteiger partial charge in [0.25, 0.3) is 0 Å². The molecule has 1 fully saturated rings. The van der Waals surface area contributed by atoms with Crippen LogP contribution in [0.4, 0.5) is 0 Å². The van der Waals surface area contributed by atoms with E-state index < -0.39 is 0 Å². The Balaban J connectivity index is 1.57. The number of aromatic nitrogens is 1. The molecule has 24 heavy (non-hydrogen) atoms. The minimum Gasteiger partial charge on any atom is -0.472 e. The van der Waals surface area contributed by atoms with Gasteiger partial charge in [0, 0.05) is 35.8 Å². The van der Waals surface area contributed by atoms with Gasteiger partial charge in [-0.3, -0.25) is 4.79 Å². The van der Waals surface area contributed by atoms with Gasteiger partial charge in [-0.1, -0.05) is 35.9 Å². The first-order chi connectivity index (χ1) is 11.6. The molecule has 5 heteroatoms. The second-order valence-corrected chi connectivity index (χ2v) is 6.19. The number of carbonyl (C=O) groups is 1. The molecule has 1 aromatic heterocycles. The van der Waals surface area contributed by atoms with Gasteiger partial charge in [0.2, 0.25) is 11.8 Å². The number of pyridine rings is 1. The van der Waals surface area contributed by atoms with Crippen LogP contribution in [-0.4, -0.2) is 35.0 Å². The Morgan fingerprint density at radius 1 is 1.29 bits per heavy atom. The highest BCUT2D eigenvalue weighted by Crippen LogP contribution is 2.19. The lowest BCUT2D eigenvalue weighted by atomic mass is 10.2. The van der Waals surface area contributed by atoms with Gasteiger partial charge in [0.05, 0.1) is 6.54 Å². The third kappa shape index (κ3) is 4.15. The van der Waals surface area contributed by atoms with Crippen LogP contribution in [0.3, 0.4) is 0 Å². The third-order valence-electron chi connectivity index (χ3n) is 3.92. The largest absolute Gasteiger partial charge is 0.472 e. The van der Waals surface area contributed by atoms with Crippen molar-refractivity contribution >= 4 is 23.6 Å². The third-order valence-corrected chi connectivity index (χ3v) is 4.26. The van der Waals surface area contributed by atoms with E-state index in [9.17, 15) is 4.79 Å². The molecule has 3 rings (SSSR count). The number of benzene rings is 1. The molecule has 2 heterocycles. The number of aryl methyl sites for hydroxylation is 1. The Hall–Kier alpha value is -2.33. The highest BCUT2D eigenvalue weighted by atomic mass is 35.5. The van der Waals surface area contributed by atoms with E-state index in [1.165, 1.54) is 0 Å². The SMILES string of the molecule is Cc1cccc(OC2CCN(C(=O)/C=C/c3ccccc3Cl)C2)n1. The molecule has 1 saturated heterocycles. The second-order valence-electron chi connectivity index (χ2n) is 5.78. The lowest BCUT2D eigenvalue weighted by Gasteiger charge is -2.15. The summed E-state index contributed by atoms with van der Waals surface area (Å²) in [6, 6.07) is 13.1. The highest BCUT2D eigenvalue weighted by Gasteiger charge is 2.26. The molecule has 0 N–H and O–H groups in total. The molecule has 124 valence electrons. The number of rotatable bonds is 4. The molecule has 0 bridgehead atoms. The summed E-state index contributed by atoms with van der Waals surface area (Å²) in [7, 11) is 0. The molecule has 0 spiro atoms. The van der Waals surface area contributed by atoms with Crippen molar-refractivity contribution in [1.82, 2.24) is 9.88 Å². The fourth-order valence-electron chi connectivity index (χ4n) is 2.66. The van der Waals surface area contributed by atoms with Crippen LogP contribution in [0.15, 0.2) is 48.5 Å². The van der Waals surface area contributed by atoms with Crippen molar-refractivity contribution in [2.24, 2.45) is 0 Å². The molecule has 1 aliphatic rings. The normalized spacial score (nSPS) is 17.4. The number of halogens is 1. The molecule has 1 amide bonds. The summed E-state index contributed by atoms with van der Waals surface area (Å²) < 4.78 is 5.87. The Morgan fingerprint density at radius 2 is 2.12 bits per heavy atom. The van der Waals surface area contributed by atoms with E-state index in [1.807, 2.05) is 43.3 Å². The van der Waals surface area contributed by atoms with Crippen molar-refractivity contribution in [3.05, 3.63) is 64.8 Å². The van der Waals surface area contributed by atoms with E-state index in [2.05, 4.69) is 4.98 Å². The van der Waals surface area contributed by atoms with Crippen LogP contribution in [0, 0.1) is 6.92 Å². The summed E-state index contributed by atoms with van der Waals surface area (Å²) in [6.45, 7) is 3.18. The van der Waals surface area contributed by atoms with Crippen molar-refractivity contribution in [3.63, 3.8) is 0 Å². The first kappa shape index (κ1) is 16.5. The van der Waals surface area contributed by atoms with Crippen LogP contribution in [0.2, 0.25) is 5.02 Å². The number of hydrogen-bond acceptors (Lipinski definition) is 3. The zero-order valence-electron chi connectivity index (χ0n) is 13.5. The number of nitrogens with zero attached hydrogens (tertiary/aromatic N) is 2. The summed E-state index contributed by atoms with van der Waals surface area (Å²) >= 11 is 6.09. The minimum atomic E-state index is -0.0294. The summed E-state index contributed by atoms with van der Waals surface area (Å²) in [6.07, 6.45) is 4.11. The Kier molecular flexibility index (Phi) is 5.16. The Morgan fingerprint density at radius 3 is 2.92 bits per heavy atom. The molecule has 1 aliphatic heterocycles. The van der Waals surface area contributed by atoms with Gasteiger partial charge < -0.3 is 9.64 Å². The maximum Gasteiger partial charge on any atom is 0.246 e. The Labute approximate surface area is 146 Å². The minimum absolute atomic E-state index is 0.0167. The molecule has 2 aromatic rings. The zero-order chi connectivity index (χ0) is 16.9. The summed E-state index contributed by atoms with van der Waals surface area (Å²) in [5.41, 5.74) is 1.75. The molecule has 0 aliphatic carbocycles. The number of likely N-dealkylation sites (tertiary alicyclic amines) is 1. The van der Waals surface area contributed by atoms with Crippen LogP contribution >= 0.6 is 11.6 Å². The number of ether oxygens (including phenoxy) is 1. The average molecular weight is 343 g/mol. The van der Waals surface area contributed by atoms with Gasteiger partial charge in [-0.25, -0.2) is 4.98 Å². The van der Waals surface area contributed by atoms with Crippen LogP contribution < -0.4 is 4.74 Å². The standard InChI is InChI=1S/C19H19ClN2O2/c1-14-5-4-8-18(21-14)24-16-11-12-22(13-16)19(23)10-9-15-6-2-3-7-17(15)20/h2-10,16H,11-13H2,1H3/b10-9+. The number of hydrogen-bond donors (Lipinski definition) is 0. The van der Waals surface area contributed by atoms with E-state index >= 15 is 0 Å². The van der Waals surface area contributed by atoms with Crippen molar-refractivity contribution in [2.45, 2.75) is 19.4 Å². The molecule has 0 saturated carbocycles. The summed E-state index contributed by atoms with van der Waals surface area (Å²) in [5.74, 6) is 0.583. The second kappa shape index (κ2) is 7.49. The van der Waals surface area contributed by atoms with Crippen LogP contribution in [0.1, 0.15) is 17.7 Å². The van der Waals surface area contributed by atoms with Gasteiger partial charge in [-0.05, 0) is 30.7 Å². The molecular weight excluding hydrogens is 324 g/mol. The fourth-order valence-corrected chi connectivity index (χ4v) is 2.85. The lowest BCUT2D eigenvalue weighted by Crippen LogP contribution is -2.29. The topological polar surface area (TPSA) is 42.4 Å². The number of amides is 1. The van der Waals surface area contributed by atoms with Gasteiger partial charge in [0.1, 0.15) is 6.10 Å². The van der Waals surface area contributed by atoms with Crippen molar-refractivity contribution in [2.75, 3.05) is 13.1 Å². The molecule has 1 atom stereocenters. The van der Waals surface area contributed by atoms with Gasteiger partial charge >= 0.3 is 0 Å². The molecular formula is C19H19ClN2O2. The van der Waals surface area contributed by atoms with Crippen LogP contribution in [-0.2, 0) is 4.79 Å². The zero-order valence-corrected chi connectivity index (χ0v) is 14.2. The predicted octanol–water partition coefficient (Wildman–Crippen LogP) is 3.74. The first-order valence-electron chi connectivity index (χ1n) is 7.93. The van der Waals surface area contributed by atoms with Gasteiger partial charge in [0.15, 0.2) is 0 Å². The van der Waals surface area contributed by atoms with E-state index in [0.717, 1.165) is 17.7 Å². The fraction of sp³-hybridized carbons (Fsp3) is 0.263.